The third-order valence-corrected chi connectivity index (χ3v) is 6.38. The van der Waals surface area contributed by atoms with E-state index in [-0.39, 0.29) is 28.4 Å². The van der Waals surface area contributed by atoms with Gasteiger partial charge in [0, 0.05) is 37.3 Å². The second-order valence-corrected chi connectivity index (χ2v) is 11.1. The Kier molecular flexibility index (Phi) is 6.18. The molecular weight excluding hydrogens is 438 g/mol. The minimum atomic E-state index is -3.55. The predicted molar refractivity (Wildman–Crippen MR) is 118 cm³/mol. The topological polar surface area (TPSA) is 129 Å². The van der Waals surface area contributed by atoms with Crippen LogP contribution in [0, 0.1) is 0 Å². The predicted octanol–water partition coefficient (Wildman–Crippen LogP) is 2.04. The van der Waals surface area contributed by atoms with Gasteiger partial charge in [-0.05, 0) is 45.9 Å². The lowest BCUT2D eigenvalue weighted by molar-refractivity contribution is 0.00190. The summed E-state index contributed by atoms with van der Waals surface area (Å²) in [5, 5.41) is 20.7. The minimum absolute atomic E-state index is 0.0313. The molecule has 1 aliphatic rings. The highest BCUT2D eigenvalue weighted by Gasteiger charge is 2.32. The number of hydrogen-bond acceptors (Lipinski definition) is 8. The monoisotopic (exact) mass is 467 g/mol. The van der Waals surface area contributed by atoms with Crippen molar-refractivity contribution < 1.29 is 33.0 Å². The smallest absolute Gasteiger partial charge is 0.410 e. The Hall–Kier alpha value is -2.79. The summed E-state index contributed by atoms with van der Waals surface area (Å²) in [6, 6.07) is 3.71. The number of sulfone groups is 1. The maximum atomic E-state index is 13.0. The van der Waals surface area contributed by atoms with Gasteiger partial charge in [-0.15, -0.1) is 0 Å². The first-order valence-corrected chi connectivity index (χ1v) is 12.1. The summed E-state index contributed by atoms with van der Waals surface area (Å²) in [4.78, 5) is 28.8. The summed E-state index contributed by atoms with van der Waals surface area (Å²) in [5.41, 5.74) is -0.502. The molecule has 1 aromatic carbocycles. The Bertz CT molecular complexity index is 1160. The van der Waals surface area contributed by atoms with E-state index in [1.165, 1.54) is 18.2 Å². The molecule has 176 valence electrons. The van der Waals surface area contributed by atoms with E-state index in [4.69, 9.17) is 4.74 Å². The van der Waals surface area contributed by atoms with Crippen molar-refractivity contribution in [2.45, 2.75) is 44.2 Å². The fraction of sp³-hybridized carbons (Fsp3) is 0.524. The molecule has 0 unspecified atom stereocenters. The molecule has 1 atom stereocenters. The zero-order valence-corrected chi connectivity index (χ0v) is 19.6. The van der Waals surface area contributed by atoms with Crippen molar-refractivity contribution in [3.05, 3.63) is 18.2 Å². The first kappa shape index (κ1) is 23.9. The standard InChI is InChI=1S/C21H29N3O7S/c1-13-11-22(8-9-23(13)20(28)31-21(2,3)4)12-17(25)24-16-10-14(32(5,29)30)6-7-15(16)18(26)19(24)27/h6-7,10,13,26-27H,8-9,11-12H2,1-5H3/t13-/m1/s1. The molecule has 1 saturated heterocycles. The number of fused-ring (bicyclic) bond motifs is 1. The molecule has 2 aromatic rings. The van der Waals surface area contributed by atoms with Crippen LogP contribution in [0.2, 0.25) is 0 Å². The van der Waals surface area contributed by atoms with Crippen LogP contribution >= 0.6 is 0 Å². The number of nitrogens with zero attached hydrogens (tertiary/aromatic N) is 3. The van der Waals surface area contributed by atoms with Crippen LogP contribution in [-0.2, 0) is 14.6 Å². The Morgan fingerprint density at radius 2 is 1.84 bits per heavy atom. The molecule has 0 saturated carbocycles. The van der Waals surface area contributed by atoms with Crippen LogP contribution in [0.4, 0.5) is 4.79 Å². The van der Waals surface area contributed by atoms with E-state index in [1.807, 2.05) is 11.8 Å². The van der Waals surface area contributed by atoms with Crippen molar-refractivity contribution in [1.29, 1.82) is 0 Å². The Balaban J connectivity index is 1.80. The summed E-state index contributed by atoms with van der Waals surface area (Å²) in [6.45, 7) is 8.33. The number of piperazine rings is 1. The van der Waals surface area contributed by atoms with Crippen molar-refractivity contribution >= 4 is 32.7 Å². The number of rotatable bonds is 3. The van der Waals surface area contributed by atoms with Crippen molar-refractivity contribution in [1.82, 2.24) is 14.4 Å². The molecule has 0 bridgehead atoms. The molecule has 1 aliphatic heterocycles. The first-order chi connectivity index (χ1) is 14.7. The lowest BCUT2D eigenvalue weighted by Crippen LogP contribution is -2.55. The number of aromatic hydroxyl groups is 2. The number of ether oxygens (including phenoxy) is 1. The van der Waals surface area contributed by atoms with Gasteiger partial charge in [-0.2, -0.15) is 0 Å². The summed E-state index contributed by atoms with van der Waals surface area (Å²) < 4.78 is 30.2. The van der Waals surface area contributed by atoms with E-state index in [2.05, 4.69) is 0 Å². The highest BCUT2D eigenvalue weighted by molar-refractivity contribution is 7.90. The Labute approximate surface area is 186 Å². The quantitative estimate of drug-likeness (QED) is 0.702. The lowest BCUT2D eigenvalue weighted by atomic mass is 10.2. The molecule has 32 heavy (non-hydrogen) atoms. The summed E-state index contributed by atoms with van der Waals surface area (Å²) >= 11 is 0. The second-order valence-electron chi connectivity index (χ2n) is 9.11. The molecule has 0 aliphatic carbocycles. The van der Waals surface area contributed by atoms with Crippen molar-refractivity contribution in [3.63, 3.8) is 0 Å². The number of amides is 1. The second kappa shape index (κ2) is 8.28. The van der Waals surface area contributed by atoms with Crippen molar-refractivity contribution in [2.24, 2.45) is 0 Å². The van der Waals surface area contributed by atoms with Crippen molar-refractivity contribution in [3.8, 4) is 11.6 Å². The van der Waals surface area contributed by atoms with Crippen LogP contribution in [0.25, 0.3) is 10.9 Å². The summed E-state index contributed by atoms with van der Waals surface area (Å²) in [5.74, 6) is -1.66. The Morgan fingerprint density at radius 3 is 2.41 bits per heavy atom. The maximum absolute atomic E-state index is 13.0. The zero-order valence-electron chi connectivity index (χ0n) is 18.8. The molecule has 3 rings (SSSR count). The van der Waals surface area contributed by atoms with Gasteiger partial charge in [0.1, 0.15) is 5.60 Å². The molecule has 10 nitrogen and oxygen atoms in total. The molecular formula is C21H29N3O7S. The van der Waals surface area contributed by atoms with Gasteiger partial charge >= 0.3 is 6.09 Å². The van der Waals surface area contributed by atoms with Gasteiger partial charge in [-0.25, -0.2) is 17.8 Å². The van der Waals surface area contributed by atoms with Gasteiger partial charge in [0.05, 0.1) is 17.0 Å². The molecule has 2 heterocycles. The maximum Gasteiger partial charge on any atom is 0.410 e. The van der Waals surface area contributed by atoms with Crippen LogP contribution in [0.5, 0.6) is 11.6 Å². The fourth-order valence-electron chi connectivity index (χ4n) is 3.75. The lowest BCUT2D eigenvalue weighted by Gasteiger charge is -2.39. The van der Waals surface area contributed by atoms with E-state index in [0.717, 1.165) is 10.8 Å². The van der Waals surface area contributed by atoms with Crippen LogP contribution in [0.15, 0.2) is 23.1 Å². The molecule has 0 radical (unpaired) electrons. The fourth-order valence-corrected chi connectivity index (χ4v) is 4.39. The van der Waals surface area contributed by atoms with Gasteiger partial charge < -0.3 is 19.8 Å². The van der Waals surface area contributed by atoms with Crippen molar-refractivity contribution in [2.75, 3.05) is 32.4 Å². The van der Waals surface area contributed by atoms with Gasteiger partial charge in [0.15, 0.2) is 15.6 Å². The van der Waals surface area contributed by atoms with Crippen LogP contribution < -0.4 is 0 Å². The number of carbonyl (C=O) groups excluding carboxylic acids is 2. The van der Waals surface area contributed by atoms with Crippen LogP contribution in [0.3, 0.4) is 0 Å². The number of benzene rings is 1. The summed E-state index contributed by atoms with van der Waals surface area (Å²) in [6.07, 6.45) is 0.623. The van der Waals surface area contributed by atoms with E-state index in [9.17, 15) is 28.2 Å². The molecule has 11 heteroatoms. The summed E-state index contributed by atoms with van der Waals surface area (Å²) in [7, 11) is -3.55. The third-order valence-electron chi connectivity index (χ3n) is 5.26. The van der Waals surface area contributed by atoms with E-state index in [1.54, 1.807) is 25.7 Å². The molecule has 1 fully saturated rings. The van der Waals surface area contributed by atoms with Gasteiger partial charge in [-0.3, -0.25) is 9.69 Å². The van der Waals surface area contributed by atoms with Gasteiger partial charge in [0.25, 0.3) is 0 Å². The zero-order chi connectivity index (χ0) is 24.0. The number of carbonyl (C=O) groups is 2. The number of hydrogen-bond donors (Lipinski definition) is 2. The molecule has 1 amide bonds. The van der Waals surface area contributed by atoms with Crippen LogP contribution in [-0.4, -0.2) is 89.1 Å². The molecule has 0 spiro atoms. The van der Waals surface area contributed by atoms with Crippen LogP contribution in [0.1, 0.15) is 32.5 Å². The highest BCUT2D eigenvalue weighted by atomic mass is 32.2. The van der Waals surface area contributed by atoms with Gasteiger partial charge in [0.2, 0.25) is 11.8 Å². The Morgan fingerprint density at radius 1 is 1.19 bits per heavy atom. The minimum Gasteiger partial charge on any atom is -0.503 e. The molecule has 1 aromatic heterocycles. The first-order valence-electron chi connectivity index (χ1n) is 10.2. The molecule has 2 N–H and O–H groups in total. The third kappa shape index (κ3) is 4.83. The van der Waals surface area contributed by atoms with E-state index in [0.29, 0.717) is 19.6 Å². The largest absolute Gasteiger partial charge is 0.503 e. The number of aromatic nitrogens is 1. The SMILES string of the molecule is C[C@@H]1CN(CC(=O)n2c(O)c(O)c3ccc(S(C)(=O)=O)cc32)CCN1C(=O)OC(C)(C)C. The van der Waals surface area contributed by atoms with Gasteiger partial charge in [-0.1, -0.05) is 0 Å². The highest BCUT2D eigenvalue weighted by Crippen LogP contribution is 2.38. The average Bonchev–Trinajstić information content (AvgIpc) is 2.90. The average molecular weight is 468 g/mol. The van der Waals surface area contributed by atoms with E-state index >= 15 is 0 Å². The van der Waals surface area contributed by atoms with E-state index < -0.39 is 39.1 Å². The normalized spacial score (nSPS) is 18.2.